The smallest absolute Gasteiger partial charge is 0.213 e. The number of nitrogens with zero attached hydrogens (tertiary/aromatic N) is 9. The summed E-state index contributed by atoms with van der Waals surface area (Å²) in [5.41, 5.74) is 12.8. The van der Waals surface area contributed by atoms with Gasteiger partial charge in [-0.3, -0.25) is 4.90 Å². The molecule has 9 aromatic rings. The van der Waals surface area contributed by atoms with Crippen LogP contribution in [0.2, 0.25) is 10.0 Å². The highest BCUT2D eigenvalue weighted by Gasteiger charge is 2.27. The number of anilines is 5. The van der Waals surface area contributed by atoms with Crippen molar-refractivity contribution < 1.29 is 0 Å². The van der Waals surface area contributed by atoms with Crippen molar-refractivity contribution in [3.05, 3.63) is 152 Å². The lowest BCUT2D eigenvalue weighted by molar-refractivity contribution is 0.866. The zero-order valence-electron chi connectivity index (χ0n) is 34.8. The molecule has 0 spiro atoms. The van der Waals surface area contributed by atoms with Crippen LogP contribution in [-0.2, 0) is 0 Å². The molecule has 9 rings (SSSR count). The van der Waals surface area contributed by atoms with Gasteiger partial charge in [-0.05, 0) is 119 Å². The maximum atomic E-state index is 10.7. The highest BCUT2D eigenvalue weighted by molar-refractivity contribution is 7.22. The number of hydrogen-bond donors (Lipinski definition) is 1. The summed E-state index contributed by atoms with van der Waals surface area (Å²) in [6.07, 6.45) is 0. The van der Waals surface area contributed by atoms with Crippen molar-refractivity contribution in [2.24, 2.45) is 10.2 Å². The first-order valence-corrected chi connectivity index (χ1v) is 22.1. The average Bonchev–Trinajstić information content (AvgIpc) is 3.95. The molecule has 0 fully saturated rings. The summed E-state index contributed by atoms with van der Waals surface area (Å²) in [7, 11) is 0. The summed E-state index contributed by atoms with van der Waals surface area (Å²) in [6.45, 7) is 14.5. The molecule has 4 aromatic heterocycles. The van der Waals surface area contributed by atoms with E-state index in [1.165, 1.54) is 11.3 Å². The number of benzene rings is 5. The Labute approximate surface area is 376 Å². The number of azo groups is 1. The van der Waals surface area contributed by atoms with Gasteiger partial charge in [0.1, 0.15) is 28.8 Å². The quantitative estimate of drug-likeness (QED) is 0.143. The van der Waals surface area contributed by atoms with Crippen LogP contribution >= 0.6 is 45.9 Å². The Morgan fingerprint density at radius 3 is 1.94 bits per heavy atom. The number of hydrogen-bond acceptors (Lipinski definition) is 11. The Kier molecular flexibility index (Phi) is 10.8. The summed E-state index contributed by atoms with van der Waals surface area (Å²) >= 11 is 15.8. The molecule has 0 bridgehead atoms. The van der Waals surface area contributed by atoms with Crippen LogP contribution in [0.15, 0.2) is 107 Å². The third-order valence-corrected chi connectivity index (χ3v) is 13.0. The minimum atomic E-state index is 0.231. The summed E-state index contributed by atoms with van der Waals surface area (Å²) in [5, 5.41) is 31.7. The predicted molar refractivity (Wildman–Crippen MR) is 256 cm³/mol. The number of nitriles is 1. The van der Waals surface area contributed by atoms with E-state index in [0.29, 0.717) is 38.2 Å². The van der Waals surface area contributed by atoms with Crippen LogP contribution in [0.4, 0.5) is 39.6 Å². The molecule has 0 aliphatic carbocycles. The first kappa shape index (κ1) is 40.9. The number of aryl methyl sites for hydroxylation is 7. The van der Waals surface area contributed by atoms with Crippen LogP contribution in [0.3, 0.4) is 0 Å². The Balaban J connectivity index is 1.27. The lowest BCUT2D eigenvalue weighted by atomic mass is 10.0. The molecule has 62 heavy (non-hydrogen) atoms. The zero-order chi connectivity index (χ0) is 43.4. The molecule has 14 heteroatoms. The molecule has 0 atom stereocenters. The molecular weight excluding hydrogens is 852 g/mol. The summed E-state index contributed by atoms with van der Waals surface area (Å²) in [6, 6.07) is 33.8. The van der Waals surface area contributed by atoms with Gasteiger partial charge in [0, 0.05) is 21.3 Å². The van der Waals surface area contributed by atoms with Crippen LogP contribution < -0.4 is 10.2 Å². The van der Waals surface area contributed by atoms with E-state index in [0.717, 1.165) is 81.4 Å². The Hall–Kier alpha value is -6.49. The molecule has 0 saturated heterocycles. The van der Waals surface area contributed by atoms with Gasteiger partial charge in [0.05, 0.1) is 26.1 Å². The van der Waals surface area contributed by atoms with E-state index < -0.39 is 0 Å². The van der Waals surface area contributed by atoms with Crippen molar-refractivity contribution in [2.75, 3.05) is 10.2 Å². The fraction of sp³-hybridized carbons (Fsp3) is 0.146. The number of thiazole rings is 2. The first-order chi connectivity index (χ1) is 29.8. The van der Waals surface area contributed by atoms with Crippen LogP contribution in [-0.4, -0.2) is 24.7 Å². The number of pyridine rings is 1. The lowest BCUT2D eigenvalue weighted by Gasteiger charge is -2.27. The second-order valence-corrected chi connectivity index (χ2v) is 18.2. The predicted octanol–water partition coefficient (Wildman–Crippen LogP) is 15.1. The Bertz CT molecular complexity index is 3260. The fourth-order valence-electron chi connectivity index (χ4n) is 7.90. The van der Waals surface area contributed by atoms with Crippen LogP contribution in [0.25, 0.3) is 36.8 Å². The third-order valence-electron chi connectivity index (χ3n) is 10.5. The second-order valence-electron chi connectivity index (χ2n) is 15.3. The molecule has 0 amide bonds. The van der Waals surface area contributed by atoms with Gasteiger partial charge >= 0.3 is 0 Å². The van der Waals surface area contributed by atoms with Crippen molar-refractivity contribution in [3.63, 3.8) is 0 Å². The normalized spacial score (nSPS) is 11.5. The van der Waals surface area contributed by atoms with Gasteiger partial charge in [0.25, 0.3) is 0 Å². The van der Waals surface area contributed by atoms with Gasteiger partial charge in [-0.25, -0.2) is 15.0 Å². The lowest BCUT2D eigenvalue weighted by Crippen LogP contribution is -2.15. The molecule has 0 aliphatic heterocycles. The van der Waals surface area contributed by atoms with Crippen molar-refractivity contribution >= 4 is 106 Å². The van der Waals surface area contributed by atoms with Gasteiger partial charge in [0.15, 0.2) is 16.8 Å². The number of rotatable bonds is 9. The van der Waals surface area contributed by atoms with Gasteiger partial charge < -0.3 is 5.32 Å². The van der Waals surface area contributed by atoms with E-state index >= 15 is 0 Å². The minimum absolute atomic E-state index is 0.231. The maximum Gasteiger partial charge on any atom is 0.213 e. The van der Waals surface area contributed by atoms with E-state index in [1.807, 2.05) is 73.7 Å². The Morgan fingerprint density at radius 2 is 1.29 bits per heavy atom. The molecule has 5 aromatic carbocycles. The van der Waals surface area contributed by atoms with E-state index in [2.05, 4.69) is 82.1 Å². The molecule has 10 nitrogen and oxygen atoms in total. The standard InChI is InChI=1S/C48H38Cl2N10S2/c1-25-17-27(3)41(28(4)18-25)55-45-42(29(5)21-40(54-45)59(44-30(6)19-26(2)20-31(44)7)47-52-36-15-13-33(49)22-38(36)61-47)56-57-46-35(24-51)43(32-11-9-8-10-12-32)58-60(46)48-53-37-16-14-34(50)23-39(37)62-48/h8-23H,1-7H3,(H,54,55)/b57-56+. The van der Waals surface area contributed by atoms with Gasteiger partial charge in [-0.15, -0.1) is 10.2 Å². The second kappa shape index (κ2) is 16.4. The summed E-state index contributed by atoms with van der Waals surface area (Å²) < 4.78 is 3.42. The maximum absolute atomic E-state index is 10.7. The molecule has 0 unspecified atom stereocenters. The van der Waals surface area contributed by atoms with Crippen molar-refractivity contribution in [3.8, 4) is 22.5 Å². The van der Waals surface area contributed by atoms with Gasteiger partial charge in [0.2, 0.25) is 5.13 Å². The number of fused-ring (bicyclic) bond motifs is 2. The molecule has 0 radical (unpaired) electrons. The SMILES string of the molecule is Cc1cc(C)c(Nc2nc(N(c3nc4ccc(Cl)cc4s3)c3c(C)cc(C)cc3C)cc(C)c2/N=N/c2c(C#N)c(-c3ccccc3)nn2-c2nc3ccc(Cl)cc3s2)c(C)c1. The van der Waals surface area contributed by atoms with Gasteiger partial charge in [-0.2, -0.15) is 15.0 Å². The topological polar surface area (TPSA) is 120 Å². The average molecular weight is 890 g/mol. The molecule has 0 saturated carbocycles. The minimum Gasteiger partial charge on any atom is -0.338 e. The zero-order valence-corrected chi connectivity index (χ0v) is 38.0. The fourth-order valence-corrected chi connectivity index (χ4v) is 10.4. The van der Waals surface area contributed by atoms with Crippen LogP contribution in [0, 0.1) is 59.8 Å². The monoisotopic (exact) mass is 888 g/mol. The third kappa shape index (κ3) is 7.69. The number of aromatic nitrogens is 5. The van der Waals surface area contributed by atoms with E-state index in [1.54, 1.807) is 22.1 Å². The van der Waals surface area contributed by atoms with Crippen LogP contribution in [0.5, 0.6) is 0 Å². The van der Waals surface area contributed by atoms with Crippen molar-refractivity contribution in [2.45, 2.75) is 48.5 Å². The largest absolute Gasteiger partial charge is 0.338 e. The van der Waals surface area contributed by atoms with Crippen molar-refractivity contribution in [1.82, 2.24) is 24.7 Å². The summed E-state index contributed by atoms with van der Waals surface area (Å²) in [5.74, 6) is 1.33. The van der Waals surface area contributed by atoms with Gasteiger partial charge in [-0.1, -0.05) is 112 Å². The highest BCUT2D eigenvalue weighted by atomic mass is 35.5. The molecule has 4 heterocycles. The van der Waals surface area contributed by atoms with E-state index in [-0.39, 0.29) is 11.4 Å². The molecule has 306 valence electrons. The van der Waals surface area contributed by atoms with E-state index in [4.69, 9.17) is 53.5 Å². The van der Waals surface area contributed by atoms with E-state index in [9.17, 15) is 5.26 Å². The van der Waals surface area contributed by atoms with Crippen LogP contribution in [0.1, 0.15) is 44.5 Å². The number of halogens is 2. The Morgan fingerprint density at radius 1 is 0.677 bits per heavy atom. The molecular formula is C48H38Cl2N10S2. The molecule has 0 aliphatic rings. The highest BCUT2D eigenvalue weighted by Crippen LogP contribution is 2.46. The first-order valence-electron chi connectivity index (χ1n) is 19.7. The van der Waals surface area contributed by atoms with Crippen molar-refractivity contribution in [1.29, 1.82) is 5.26 Å². The molecule has 1 N–H and O–H groups in total. The summed E-state index contributed by atoms with van der Waals surface area (Å²) in [4.78, 5) is 17.5. The number of nitrogens with one attached hydrogen (secondary N) is 1.